The molecule has 0 saturated carbocycles. The first-order chi connectivity index (χ1) is 8.58. The number of carbonyl (C=O) groups is 1. The van der Waals surface area contributed by atoms with Crippen molar-refractivity contribution >= 4 is 30.1 Å². The van der Waals surface area contributed by atoms with E-state index in [4.69, 9.17) is 5.73 Å². The van der Waals surface area contributed by atoms with E-state index in [1.165, 1.54) is 10.5 Å². The highest BCUT2D eigenvalue weighted by Gasteiger charge is 2.16. The number of benzene rings is 1. The Kier molecular flexibility index (Phi) is 8.89. The molecule has 5 heteroatoms. The zero-order chi connectivity index (χ0) is 13.5. The number of nitrogens with zero attached hydrogens (tertiary/aromatic N) is 1. The van der Waals surface area contributed by atoms with Gasteiger partial charge < -0.3 is 10.6 Å². The van der Waals surface area contributed by atoms with E-state index in [-0.39, 0.29) is 24.4 Å². The molecule has 1 aromatic carbocycles. The lowest BCUT2D eigenvalue weighted by Gasteiger charge is -2.27. The van der Waals surface area contributed by atoms with Gasteiger partial charge in [0, 0.05) is 30.4 Å². The third-order valence-electron chi connectivity index (χ3n) is 2.79. The second-order valence-corrected chi connectivity index (χ2v) is 5.39. The van der Waals surface area contributed by atoms with Gasteiger partial charge in [0.1, 0.15) is 0 Å². The van der Waals surface area contributed by atoms with Crippen LogP contribution >= 0.6 is 24.2 Å². The first-order valence-electron chi connectivity index (χ1n) is 6.21. The summed E-state index contributed by atoms with van der Waals surface area (Å²) in [5.41, 5.74) is 6.62. The Morgan fingerprint density at radius 1 is 1.42 bits per heavy atom. The lowest BCUT2D eigenvalue weighted by molar-refractivity contribution is -0.133. The van der Waals surface area contributed by atoms with Gasteiger partial charge in [-0.3, -0.25) is 4.79 Å². The van der Waals surface area contributed by atoms with Crippen molar-refractivity contribution in [2.45, 2.75) is 37.8 Å². The minimum atomic E-state index is 0. The van der Waals surface area contributed by atoms with E-state index >= 15 is 0 Å². The Morgan fingerprint density at radius 2 is 2.11 bits per heavy atom. The zero-order valence-electron chi connectivity index (χ0n) is 11.8. The lowest BCUT2D eigenvalue weighted by atomic mass is 10.1. The van der Waals surface area contributed by atoms with Gasteiger partial charge in [-0.2, -0.15) is 0 Å². The highest BCUT2D eigenvalue weighted by Crippen LogP contribution is 2.18. The van der Waals surface area contributed by atoms with Crippen LogP contribution in [0.15, 0.2) is 29.2 Å². The smallest absolute Gasteiger partial charge is 0.224 e. The Labute approximate surface area is 126 Å². The summed E-state index contributed by atoms with van der Waals surface area (Å²) in [6.45, 7) is 5.14. The summed E-state index contributed by atoms with van der Waals surface area (Å²) in [4.78, 5) is 15.1. The maximum absolute atomic E-state index is 12.0. The molecule has 0 radical (unpaired) electrons. The normalized spacial score (nSPS) is 10.2. The molecule has 2 N–H and O–H groups in total. The first-order valence-corrected chi connectivity index (χ1v) is 7.43. The van der Waals surface area contributed by atoms with Crippen LogP contribution in [-0.2, 0) is 11.3 Å². The van der Waals surface area contributed by atoms with E-state index < -0.39 is 0 Å². The van der Waals surface area contributed by atoms with Crippen molar-refractivity contribution in [3.63, 3.8) is 0 Å². The molecule has 0 spiro atoms. The molecule has 0 saturated heterocycles. The van der Waals surface area contributed by atoms with Crippen LogP contribution in [0.1, 0.15) is 25.8 Å². The topological polar surface area (TPSA) is 46.3 Å². The Hall–Kier alpha value is -0.710. The molecule has 0 unspecified atom stereocenters. The largest absolute Gasteiger partial charge is 0.336 e. The Morgan fingerprint density at radius 3 is 2.63 bits per heavy atom. The van der Waals surface area contributed by atoms with Crippen molar-refractivity contribution in [2.75, 3.05) is 12.8 Å². The zero-order valence-corrected chi connectivity index (χ0v) is 13.4. The van der Waals surface area contributed by atoms with Gasteiger partial charge in [0.05, 0.1) is 0 Å². The van der Waals surface area contributed by atoms with E-state index in [9.17, 15) is 4.79 Å². The molecule has 1 amide bonds. The summed E-state index contributed by atoms with van der Waals surface area (Å²) >= 11 is 1.71. The SMILES string of the molecule is CSc1cccc(CN(C(=O)CCN)C(C)C)c1.Cl. The number of thioether (sulfide) groups is 1. The summed E-state index contributed by atoms with van der Waals surface area (Å²) in [6, 6.07) is 8.51. The number of hydrogen-bond donors (Lipinski definition) is 1. The fraction of sp³-hybridized carbons (Fsp3) is 0.500. The fourth-order valence-corrected chi connectivity index (χ4v) is 2.28. The van der Waals surface area contributed by atoms with Gasteiger partial charge in [0.25, 0.3) is 0 Å². The molecule has 0 aliphatic rings. The summed E-state index contributed by atoms with van der Waals surface area (Å²) in [5, 5.41) is 0. The van der Waals surface area contributed by atoms with Gasteiger partial charge in [-0.05, 0) is 37.8 Å². The van der Waals surface area contributed by atoms with Crippen molar-refractivity contribution in [2.24, 2.45) is 5.73 Å². The monoisotopic (exact) mass is 302 g/mol. The number of carbonyl (C=O) groups excluding carboxylic acids is 1. The molecule has 108 valence electrons. The third kappa shape index (κ3) is 5.85. The summed E-state index contributed by atoms with van der Waals surface area (Å²) < 4.78 is 0. The average Bonchev–Trinajstić information content (AvgIpc) is 2.36. The van der Waals surface area contributed by atoms with Gasteiger partial charge in [-0.15, -0.1) is 24.2 Å². The van der Waals surface area contributed by atoms with Crippen molar-refractivity contribution in [1.82, 2.24) is 4.90 Å². The van der Waals surface area contributed by atoms with Crippen LogP contribution in [0.3, 0.4) is 0 Å². The first kappa shape index (κ1) is 18.3. The minimum absolute atomic E-state index is 0. The molecular weight excluding hydrogens is 280 g/mol. The molecule has 0 bridgehead atoms. The number of rotatable bonds is 6. The highest BCUT2D eigenvalue weighted by molar-refractivity contribution is 7.98. The Balaban J connectivity index is 0.00000324. The number of amides is 1. The standard InChI is InChI=1S/C14H22N2OS.ClH/c1-11(2)16(14(17)7-8-15)10-12-5-4-6-13(9-12)18-3;/h4-6,9,11H,7-8,10,15H2,1-3H3;1H. The van der Waals surface area contributed by atoms with Crippen LogP contribution in [0.2, 0.25) is 0 Å². The van der Waals surface area contributed by atoms with E-state index in [0.717, 1.165) is 0 Å². The van der Waals surface area contributed by atoms with Crippen molar-refractivity contribution in [3.05, 3.63) is 29.8 Å². The van der Waals surface area contributed by atoms with Crippen LogP contribution in [0, 0.1) is 0 Å². The van der Waals surface area contributed by atoms with E-state index in [1.807, 2.05) is 24.8 Å². The molecule has 19 heavy (non-hydrogen) atoms. The molecule has 0 atom stereocenters. The van der Waals surface area contributed by atoms with E-state index in [1.54, 1.807) is 11.8 Å². The van der Waals surface area contributed by atoms with Gasteiger partial charge in [-0.25, -0.2) is 0 Å². The lowest BCUT2D eigenvalue weighted by Crippen LogP contribution is -2.37. The van der Waals surface area contributed by atoms with Crippen LogP contribution in [0.5, 0.6) is 0 Å². The molecular formula is C14H23ClN2OS. The van der Waals surface area contributed by atoms with Crippen LogP contribution < -0.4 is 5.73 Å². The molecule has 0 heterocycles. The third-order valence-corrected chi connectivity index (χ3v) is 3.51. The molecule has 0 fully saturated rings. The summed E-state index contributed by atoms with van der Waals surface area (Å²) in [6.07, 6.45) is 2.47. The maximum atomic E-state index is 12.0. The quantitative estimate of drug-likeness (QED) is 0.822. The van der Waals surface area contributed by atoms with Gasteiger partial charge in [-0.1, -0.05) is 12.1 Å². The van der Waals surface area contributed by atoms with Gasteiger partial charge in [0.2, 0.25) is 5.91 Å². The number of hydrogen-bond acceptors (Lipinski definition) is 3. The predicted octanol–water partition coefficient (Wildman–Crippen LogP) is 2.92. The van der Waals surface area contributed by atoms with Crippen LogP contribution in [0.4, 0.5) is 0 Å². The average molecular weight is 303 g/mol. The highest BCUT2D eigenvalue weighted by atomic mass is 35.5. The summed E-state index contributed by atoms with van der Waals surface area (Å²) in [5.74, 6) is 0.127. The fourth-order valence-electron chi connectivity index (χ4n) is 1.79. The van der Waals surface area contributed by atoms with Crippen LogP contribution in [-0.4, -0.2) is 29.6 Å². The molecule has 1 aromatic rings. The van der Waals surface area contributed by atoms with Gasteiger partial charge in [0.15, 0.2) is 0 Å². The maximum Gasteiger partial charge on any atom is 0.224 e. The summed E-state index contributed by atoms with van der Waals surface area (Å²) in [7, 11) is 0. The van der Waals surface area contributed by atoms with Gasteiger partial charge >= 0.3 is 0 Å². The van der Waals surface area contributed by atoms with E-state index in [2.05, 4.69) is 24.5 Å². The second-order valence-electron chi connectivity index (χ2n) is 4.51. The minimum Gasteiger partial charge on any atom is -0.336 e. The van der Waals surface area contributed by atoms with Crippen molar-refractivity contribution in [3.8, 4) is 0 Å². The second kappa shape index (κ2) is 9.23. The molecule has 1 rings (SSSR count). The van der Waals surface area contributed by atoms with Crippen LogP contribution in [0.25, 0.3) is 0 Å². The van der Waals surface area contributed by atoms with Crippen molar-refractivity contribution in [1.29, 1.82) is 0 Å². The van der Waals surface area contributed by atoms with E-state index in [0.29, 0.717) is 19.5 Å². The van der Waals surface area contributed by atoms with Crippen molar-refractivity contribution < 1.29 is 4.79 Å². The number of halogens is 1. The molecule has 3 nitrogen and oxygen atoms in total. The molecule has 0 aliphatic heterocycles. The molecule has 0 aliphatic carbocycles. The molecule has 0 aromatic heterocycles. The Bertz CT molecular complexity index is 399. The number of nitrogens with two attached hydrogens (primary N) is 1. The predicted molar refractivity (Wildman–Crippen MR) is 84.8 cm³/mol.